The van der Waals surface area contributed by atoms with Crippen LogP contribution in [0.25, 0.3) is 0 Å². The maximum atomic E-state index is 12.2. The van der Waals surface area contributed by atoms with Crippen molar-refractivity contribution in [3.8, 4) is 5.75 Å². The van der Waals surface area contributed by atoms with Crippen molar-refractivity contribution in [1.82, 2.24) is 4.98 Å². The first-order valence-electron chi connectivity index (χ1n) is 8.82. The number of nitrogens with one attached hydrogen (secondary N) is 1. The zero-order valence-electron chi connectivity index (χ0n) is 15.5. The van der Waals surface area contributed by atoms with Gasteiger partial charge >= 0.3 is 0 Å². The number of carbonyl (C=O) groups is 1. The summed E-state index contributed by atoms with van der Waals surface area (Å²) in [6.07, 6.45) is 2.42. The molecule has 0 radical (unpaired) electrons. The number of carbonyl (C=O) groups excluding carboxylic acids is 1. The molecule has 1 amide bonds. The highest BCUT2D eigenvalue weighted by Crippen LogP contribution is 2.27. The molecule has 28 heavy (non-hydrogen) atoms. The Hall–Kier alpha value is -2.08. The van der Waals surface area contributed by atoms with Crippen molar-refractivity contribution in [2.24, 2.45) is 0 Å². The van der Waals surface area contributed by atoms with E-state index in [0.29, 0.717) is 27.5 Å². The van der Waals surface area contributed by atoms with Crippen LogP contribution in [0, 0.1) is 0 Å². The molecule has 0 saturated carbocycles. The number of hydrogen-bond donors (Lipinski definition) is 1. The molecule has 0 unspecified atom stereocenters. The summed E-state index contributed by atoms with van der Waals surface area (Å²) in [5.41, 5.74) is 2.11. The molecule has 0 saturated heterocycles. The normalized spacial score (nSPS) is 10.9. The minimum Gasteiger partial charge on any atom is -0.483 e. The first-order valence-corrected chi connectivity index (χ1v) is 10.4. The van der Waals surface area contributed by atoms with E-state index in [1.165, 1.54) is 11.3 Å². The SMILES string of the molecule is CC(C)c1ccccc1OCC(=O)Nc1ncc(Cc2ccc(Cl)c(Cl)c2)s1. The van der Waals surface area contributed by atoms with Gasteiger partial charge in [-0.05, 0) is 35.2 Å². The highest BCUT2D eigenvalue weighted by atomic mass is 35.5. The lowest BCUT2D eigenvalue weighted by molar-refractivity contribution is -0.118. The number of rotatable bonds is 7. The minimum atomic E-state index is -0.242. The van der Waals surface area contributed by atoms with E-state index in [2.05, 4.69) is 24.1 Å². The second kappa shape index (κ2) is 9.41. The maximum Gasteiger partial charge on any atom is 0.264 e. The van der Waals surface area contributed by atoms with Gasteiger partial charge < -0.3 is 4.74 Å². The Morgan fingerprint density at radius 3 is 2.71 bits per heavy atom. The summed E-state index contributed by atoms with van der Waals surface area (Å²) in [6, 6.07) is 13.3. The third-order valence-electron chi connectivity index (χ3n) is 4.06. The molecule has 1 aromatic heterocycles. The van der Waals surface area contributed by atoms with E-state index in [9.17, 15) is 4.79 Å². The molecule has 0 aliphatic carbocycles. The summed E-state index contributed by atoms with van der Waals surface area (Å²) in [4.78, 5) is 17.5. The van der Waals surface area contributed by atoms with Crippen molar-refractivity contribution in [3.05, 3.63) is 74.7 Å². The van der Waals surface area contributed by atoms with Crippen LogP contribution in [-0.4, -0.2) is 17.5 Å². The molecular weight excluding hydrogens is 415 g/mol. The molecule has 0 fully saturated rings. The van der Waals surface area contributed by atoms with Gasteiger partial charge in [0.05, 0.1) is 10.0 Å². The number of nitrogens with zero attached hydrogens (tertiary/aromatic N) is 1. The van der Waals surface area contributed by atoms with E-state index in [0.717, 1.165) is 21.8 Å². The van der Waals surface area contributed by atoms with Crippen molar-refractivity contribution < 1.29 is 9.53 Å². The van der Waals surface area contributed by atoms with Crippen molar-refractivity contribution in [2.75, 3.05) is 11.9 Å². The zero-order chi connectivity index (χ0) is 20.1. The largest absolute Gasteiger partial charge is 0.483 e. The van der Waals surface area contributed by atoms with Gasteiger partial charge in [-0.25, -0.2) is 4.98 Å². The number of ether oxygens (including phenoxy) is 1. The monoisotopic (exact) mass is 434 g/mol. The standard InChI is InChI=1S/C21H20Cl2N2O2S/c1-13(2)16-5-3-4-6-19(16)27-12-20(26)25-21-24-11-15(28-21)9-14-7-8-17(22)18(23)10-14/h3-8,10-11,13H,9,12H2,1-2H3,(H,24,25,26). The van der Waals surface area contributed by atoms with Crippen LogP contribution in [-0.2, 0) is 11.2 Å². The second-order valence-corrected chi connectivity index (χ2v) is 8.52. The molecule has 1 N–H and O–H groups in total. The zero-order valence-corrected chi connectivity index (χ0v) is 17.9. The molecule has 1 heterocycles. The molecule has 0 aliphatic rings. The average Bonchev–Trinajstić information content (AvgIpc) is 3.10. The number of thiazole rings is 1. The molecule has 0 aliphatic heterocycles. The third kappa shape index (κ3) is 5.47. The number of benzene rings is 2. The number of para-hydroxylation sites is 1. The summed E-state index contributed by atoms with van der Waals surface area (Å²) >= 11 is 13.4. The van der Waals surface area contributed by atoms with Crippen LogP contribution in [0.4, 0.5) is 5.13 Å². The van der Waals surface area contributed by atoms with Crippen LogP contribution in [0.15, 0.2) is 48.7 Å². The first-order chi connectivity index (χ1) is 13.4. The highest BCUT2D eigenvalue weighted by Gasteiger charge is 2.11. The minimum absolute atomic E-state index is 0.0640. The summed E-state index contributed by atoms with van der Waals surface area (Å²) < 4.78 is 5.70. The maximum absolute atomic E-state index is 12.2. The molecule has 0 bridgehead atoms. The Bertz CT molecular complexity index is 973. The molecule has 4 nitrogen and oxygen atoms in total. The van der Waals surface area contributed by atoms with Gasteiger partial charge in [-0.15, -0.1) is 11.3 Å². The Morgan fingerprint density at radius 2 is 1.96 bits per heavy atom. The Balaban J connectivity index is 1.56. The lowest BCUT2D eigenvalue weighted by Gasteiger charge is -2.13. The predicted molar refractivity (Wildman–Crippen MR) is 116 cm³/mol. The van der Waals surface area contributed by atoms with Crippen molar-refractivity contribution in [2.45, 2.75) is 26.2 Å². The molecule has 3 aromatic rings. The molecule has 0 atom stereocenters. The van der Waals surface area contributed by atoms with Gasteiger partial charge in [0.25, 0.3) is 5.91 Å². The van der Waals surface area contributed by atoms with Gasteiger partial charge in [0.1, 0.15) is 5.75 Å². The number of halogens is 2. The van der Waals surface area contributed by atoms with Crippen LogP contribution in [0.2, 0.25) is 10.0 Å². The Morgan fingerprint density at radius 1 is 1.18 bits per heavy atom. The fourth-order valence-corrected chi connectivity index (χ4v) is 3.87. The quantitative estimate of drug-likeness (QED) is 0.482. The van der Waals surface area contributed by atoms with Gasteiger partial charge in [-0.2, -0.15) is 0 Å². The van der Waals surface area contributed by atoms with Crippen LogP contribution in [0.3, 0.4) is 0 Å². The fourth-order valence-electron chi connectivity index (χ4n) is 2.69. The lowest BCUT2D eigenvalue weighted by Crippen LogP contribution is -2.20. The number of amides is 1. The van der Waals surface area contributed by atoms with Gasteiger partial charge in [0.2, 0.25) is 0 Å². The summed E-state index contributed by atoms with van der Waals surface area (Å²) in [6.45, 7) is 4.12. The fraction of sp³-hybridized carbons (Fsp3) is 0.238. The van der Waals surface area contributed by atoms with E-state index in [1.807, 2.05) is 36.4 Å². The van der Waals surface area contributed by atoms with E-state index in [4.69, 9.17) is 27.9 Å². The number of anilines is 1. The molecule has 146 valence electrons. The molecular formula is C21H20Cl2N2O2S. The van der Waals surface area contributed by atoms with Crippen LogP contribution in [0.5, 0.6) is 5.75 Å². The third-order valence-corrected chi connectivity index (χ3v) is 5.71. The molecule has 7 heteroatoms. The number of hydrogen-bond acceptors (Lipinski definition) is 4. The molecule has 0 spiro atoms. The van der Waals surface area contributed by atoms with Crippen LogP contribution < -0.4 is 10.1 Å². The van der Waals surface area contributed by atoms with Gasteiger partial charge in [0, 0.05) is 17.5 Å². The van der Waals surface area contributed by atoms with Gasteiger partial charge in [0.15, 0.2) is 11.7 Å². The van der Waals surface area contributed by atoms with E-state index >= 15 is 0 Å². The summed E-state index contributed by atoms with van der Waals surface area (Å²) in [7, 11) is 0. The topological polar surface area (TPSA) is 51.2 Å². The van der Waals surface area contributed by atoms with E-state index in [1.54, 1.807) is 12.3 Å². The first kappa shape index (κ1) is 20.6. The van der Waals surface area contributed by atoms with Crippen molar-refractivity contribution >= 4 is 45.6 Å². The molecule has 3 rings (SSSR count). The summed E-state index contributed by atoms with van der Waals surface area (Å²) in [5, 5.41) is 4.38. The Kier molecular flexibility index (Phi) is 6.94. The summed E-state index contributed by atoms with van der Waals surface area (Å²) in [5.74, 6) is 0.809. The van der Waals surface area contributed by atoms with Gasteiger partial charge in [-0.3, -0.25) is 10.1 Å². The predicted octanol–water partition coefficient (Wildman–Crippen LogP) is 6.18. The van der Waals surface area contributed by atoms with Crippen molar-refractivity contribution in [3.63, 3.8) is 0 Å². The van der Waals surface area contributed by atoms with Crippen LogP contribution in [0.1, 0.15) is 35.8 Å². The highest BCUT2D eigenvalue weighted by molar-refractivity contribution is 7.15. The van der Waals surface area contributed by atoms with Gasteiger partial charge in [-0.1, -0.05) is 61.3 Å². The van der Waals surface area contributed by atoms with Crippen molar-refractivity contribution in [1.29, 1.82) is 0 Å². The van der Waals surface area contributed by atoms with E-state index in [-0.39, 0.29) is 12.5 Å². The number of aromatic nitrogens is 1. The second-order valence-electron chi connectivity index (χ2n) is 6.59. The average molecular weight is 435 g/mol. The smallest absolute Gasteiger partial charge is 0.264 e. The van der Waals surface area contributed by atoms with Crippen LogP contribution >= 0.6 is 34.5 Å². The Labute approximate surface area is 178 Å². The molecule has 2 aromatic carbocycles. The van der Waals surface area contributed by atoms with E-state index < -0.39 is 0 Å². The lowest BCUT2D eigenvalue weighted by atomic mass is 10.0.